The van der Waals surface area contributed by atoms with Gasteiger partial charge in [0.15, 0.2) is 5.54 Å². The summed E-state index contributed by atoms with van der Waals surface area (Å²) in [6.07, 6.45) is 0.754. The molecule has 0 radical (unpaired) electrons. The molecule has 0 spiro atoms. The van der Waals surface area contributed by atoms with Gasteiger partial charge in [-0.25, -0.2) is 9.59 Å². The molecule has 6 heteroatoms. The molecule has 120 valence electrons. The summed E-state index contributed by atoms with van der Waals surface area (Å²) in [5.74, 6) is -1.18. The lowest BCUT2D eigenvalue weighted by Gasteiger charge is -2.33. The number of aliphatic carboxylic acids is 1. The maximum Gasteiger partial charge on any atom is 0.411 e. The van der Waals surface area contributed by atoms with Gasteiger partial charge < -0.3 is 9.84 Å². The molecule has 6 nitrogen and oxygen atoms in total. The molecule has 1 heterocycles. The summed E-state index contributed by atoms with van der Waals surface area (Å²) < 4.78 is 5.20. The molecule has 0 aliphatic rings. The van der Waals surface area contributed by atoms with Gasteiger partial charge in [0.25, 0.3) is 0 Å². The van der Waals surface area contributed by atoms with Gasteiger partial charge in [0, 0.05) is 13.2 Å². The van der Waals surface area contributed by atoms with Gasteiger partial charge in [-0.1, -0.05) is 36.4 Å². The molecule has 0 fully saturated rings. The summed E-state index contributed by atoms with van der Waals surface area (Å²) in [6.45, 7) is 1.49. The number of nitrogens with zero attached hydrogens (tertiary/aromatic N) is 2. The molecule has 1 unspecified atom stereocenters. The highest BCUT2D eigenvalue weighted by Crippen LogP contribution is 2.26. The smallest absolute Gasteiger partial charge is 0.411 e. The number of likely N-dealkylation sites (N-methyl/N-ethyl adjacent to an activating group) is 1. The van der Waals surface area contributed by atoms with Gasteiger partial charge in [-0.3, -0.25) is 9.88 Å². The van der Waals surface area contributed by atoms with E-state index in [0.29, 0.717) is 0 Å². The summed E-state index contributed by atoms with van der Waals surface area (Å²) in [5, 5.41) is 9.60. The Morgan fingerprint density at radius 3 is 2.39 bits per heavy atom. The Hall–Kier alpha value is -2.89. The molecule has 2 rings (SSSR count). The van der Waals surface area contributed by atoms with Crippen LogP contribution in [0.5, 0.6) is 0 Å². The summed E-state index contributed by atoms with van der Waals surface area (Å²) >= 11 is 0. The summed E-state index contributed by atoms with van der Waals surface area (Å²) in [4.78, 5) is 29.1. The molecular formula is C17H18N2O4. The maximum absolute atomic E-state index is 12.3. The lowest BCUT2D eigenvalue weighted by Crippen LogP contribution is -2.51. The van der Waals surface area contributed by atoms with Crippen molar-refractivity contribution in [2.24, 2.45) is 0 Å². The van der Waals surface area contributed by atoms with E-state index in [1.165, 1.54) is 20.2 Å². The van der Waals surface area contributed by atoms with Crippen LogP contribution in [0.25, 0.3) is 0 Å². The van der Waals surface area contributed by atoms with Gasteiger partial charge in [0.1, 0.15) is 6.61 Å². The minimum Gasteiger partial charge on any atom is -0.479 e. The Labute approximate surface area is 134 Å². The number of carboxylic acid groups (broad SMARTS) is 1. The number of pyridine rings is 1. The molecule has 0 saturated heterocycles. The molecule has 0 aliphatic heterocycles. The average molecular weight is 314 g/mol. The van der Waals surface area contributed by atoms with Crippen molar-refractivity contribution >= 4 is 12.1 Å². The second kappa shape index (κ2) is 6.91. The van der Waals surface area contributed by atoms with E-state index in [-0.39, 0.29) is 12.3 Å². The predicted octanol–water partition coefficient (Wildman–Crippen LogP) is 2.65. The molecule has 1 aromatic heterocycles. The number of carbonyl (C=O) groups excluding carboxylic acids is 1. The van der Waals surface area contributed by atoms with Crippen molar-refractivity contribution < 1.29 is 19.4 Å². The van der Waals surface area contributed by atoms with Crippen molar-refractivity contribution in [3.05, 3.63) is 66.0 Å². The first-order valence-corrected chi connectivity index (χ1v) is 7.05. The van der Waals surface area contributed by atoms with E-state index in [0.717, 1.165) is 10.5 Å². The largest absolute Gasteiger partial charge is 0.479 e. The molecule has 1 amide bonds. The molecule has 1 aromatic carbocycles. The van der Waals surface area contributed by atoms with Crippen LogP contribution in [0, 0.1) is 0 Å². The molecule has 0 aliphatic carbocycles. The van der Waals surface area contributed by atoms with Crippen LogP contribution in [0.2, 0.25) is 0 Å². The molecule has 2 aromatic rings. The maximum atomic E-state index is 12.3. The second-order valence-electron chi connectivity index (χ2n) is 5.19. The standard InChI is InChI=1S/C17H18N2O4/c1-17(15(20)21,14-10-6-7-11-18-14)19(2)16(22)23-12-13-8-4-3-5-9-13/h3-11H,12H2,1-2H3,(H,20,21). The molecule has 0 saturated carbocycles. The van der Waals surface area contributed by atoms with E-state index in [1.807, 2.05) is 30.3 Å². The van der Waals surface area contributed by atoms with E-state index in [1.54, 1.807) is 18.2 Å². The number of benzene rings is 1. The number of hydrogen-bond donors (Lipinski definition) is 1. The van der Waals surface area contributed by atoms with E-state index in [9.17, 15) is 14.7 Å². The number of rotatable bonds is 5. The molecule has 1 atom stereocenters. The number of carbonyl (C=O) groups is 2. The highest BCUT2D eigenvalue weighted by molar-refractivity contribution is 5.84. The van der Waals surface area contributed by atoms with Crippen LogP contribution < -0.4 is 0 Å². The Morgan fingerprint density at radius 1 is 1.17 bits per heavy atom. The van der Waals surface area contributed by atoms with Gasteiger partial charge >= 0.3 is 12.1 Å². The molecule has 23 heavy (non-hydrogen) atoms. The van der Waals surface area contributed by atoms with Crippen molar-refractivity contribution in [1.29, 1.82) is 0 Å². The first kappa shape index (κ1) is 16.5. The van der Waals surface area contributed by atoms with Crippen LogP contribution in [0.4, 0.5) is 4.79 Å². The Bertz CT molecular complexity index is 676. The third-order valence-corrected chi connectivity index (χ3v) is 3.73. The lowest BCUT2D eigenvalue weighted by atomic mass is 9.95. The van der Waals surface area contributed by atoms with Gasteiger partial charge in [0.05, 0.1) is 5.69 Å². The van der Waals surface area contributed by atoms with E-state index >= 15 is 0 Å². The normalized spacial score (nSPS) is 13.0. The highest BCUT2D eigenvalue weighted by Gasteiger charge is 2.44. The Morgan fingerprint density at radius 2 is 1.83 bits per heavy atom. The third kappa shape index (κ3) is 3.48. The first-order valence-electron chi connectivity index (χ1n) is 7.05. The van der Waals surface area contributed by atoms with Crippen LogP contribution in [0.1, 0.15) is 18.2 Å². The molecular weight excluding hydrogens is 296 g/mol. The first-order chi connectivity index (χ1) is 11.0. The third-order valence-electron chi connectivity index (χ3n) is 3.73. The van der Waals surface area contributed by atoms with Crippen LogP contribution >= 0.6 is 0 Å². The quantitative estimate of drug-likeness (QED) is 0.917. The van der Waals surface area contributed by atoms with Gasteiger partial charge in [-0.05, 0) is 24.6 Å². The number of amides is 1. The van der Waals surface area contributed by atoms with Gasteiger partial charge in [-0.2, -0.15) is 0 Å². The molecule has 0 bridgehead atoms. The van der Waals surface area contributed by atoms with Crippen molar-refractivity contribution in [3.8, 4) is 0 Å². The fraction of sp³-hybridized carbons (Fsp3) is 0.235. The zero-order valence-electron chi connectivity index (χ0n) is 13.0. The van der Waals surface area contributed by atoms with Gasteiger partial charge in [-0.15, -0.1) is 0 Å². The Balaban J connectivity index is 2.16. The molecule has 1 N–H and O–H groups in total. The van der Waals surface area contributed by atoms with Crippen LogP contribution in [-0.4, -0.2) is 34.1 Å². The van der Waals surface area contributed by atoms with Crippen molar-refractivity contribution in [2.45, 2.75) is 19.1 Å². The highest BCUT2D eigenvalue weighted by atomic mass is 16.6. The summed E-state index contributed by atoms with van der Waals surface area (Å²) in [5.41, 5.74) is -0.537. The lowest BCUT2D eigenvalue weighted by molar-refractivity contribution is -0.149. The summed E-state index contributed by atoms with van der Waals surface area (Å²) in [6, 6.07) is 14.1. The number of ether oxygens (including phenoxy) is 1. The van der Waals surface area contributed by atoms with Crippen LogP contribution in [-0.2, 0) is 21.7 Å². The number of aromatic nitrogens is 1. The topological polar surface area (TPSA) is 79.7 Å². The van der Waals surface area contributed by atoms with Crippen LogP contribution in [0.3, 0.4) is 0 Å². The van der Waals surface area contributed by atoms with Crippen molar-refractivity contribution in [2.75, 3.05) is 7.05 Å². The van der Waals surface area contributed by atoms with E-state index < -0.39 is 17.6 Å². The van der Waals surface area contributed by atoms with E-state index in [2.05, 4.69) is 4.98 Å². The predicted molar refractivity (Wildman–Crippen MR) is 83.6 cm³/mol. The summed E-state index contributed by atoms with van der Waals surface area (Å²) in [7, 11) is 1.39. The van der Waals surface area contributed by atoms with Crippen molar-refractivity contribution in [3.63, 3.8) is 0 Å². The minimum absolute atomic E-state index is 0.0714. The zero-order valence-corrected chi connectivity index (χ0v) is 13.0. The average Bonchev–Trinajstić information content (AvgIpc) is 2.59. The fourth-order valence-electron chi connectivity index (χ4n) is 2.07. The van der Waals surface area contributed by atoms with E-state index in [4.69, 9.17) is 4.74 Å². The second-order valence-corrected chi connectivity index (χ2v) is 5.19. The SMILES string of the molecule is CN(C(=O)OCc1ccccc1)C(C)(C(=O)O)c1ccccn1. The van der Waals surface area contributed by atoms with Gasteiger partial charge in [0.2, 0.25) is 0 Å². The van der Waals surface area contributed by atoms with Crippen LogP contribution in [0.15, 0.2) is 54.7 Å². The number of carboxylic acids is 1. The van der Waals surface area contributed by atoms with Crippen molar-refractivity contribution in [1.82, 2.24) is 9.88 Å². The monoisotopic (exact) mass is 314 g/mol. The fourth-order valence-corrected chi connectivity index (χ4v) is 2.07. The minimum atomic E-state index is -1.62. The zero-order chi connectivity index (χ0) is 16.9. The number of hydrogen-bond acceptors (Lipinski definition) is 4. The Kier molecular flexibility index (Phi) is 4.95.